The highest BCUT2D eigenvalue weighted by Crippen LogP contribution is 2.10. The van der Waals surface area contributed by atoms with E-state index in [2.05, 4.69) is 0 Å². The van der Waals surface area contributed by atoms with Gasteiger partial charge in [0.05, 0.1) is 12.7 Å². The molecular weight excluding hydrogens is 192 g/mol. The first kappa shape index (κ1) is 13.2. The monoisotopic (exact) mass is 206 g/mol. The zero-order valence-electron chi connectivity index (χ0n) is 7.70. The van der Waals surface area contributed by atoms with Crippen LogP contribution in [0, 0.1) is 5.92 Å². The lowest BCUT2D eigenvalue weighted by Gasteiger charge is -2.24. The summed E-state index contributed by atoms with van der Waals surface area (Å²) in [7, 11) is 0. The Hall–Kier alpha value is -0.820. The van der Waals surface area contributed by atoms with Gasteiger partial charge in [-0.3, -0.25) is 4.79 Å². The Morgan fingerprint density at radius 2 is 1.79 bits per heavy atom. The topological polar surface area (TPSA) is 115 Å². The van der Waals surface area contributed by atoms with Gasteiger partial charge in [-0.05, 0) is 6.92 Å². The van der Waals surface area contributed by atoms with Crippen LogP contribution in [0.4, 0.5) is 0 Å². The van der Waals surface area contributed by atoms with Crippen molar-refractivity contribution in [3.8, 4) is 0 Å². The van der Waals surface area contributed by atoms with Crippen LogP contribution in [0.15, 0.2) is 0 Å². The summed E-state index contributed by atoms with van der Waals surface area (Å²) in [6, 6.07) is 0. The smallest absolute Gasteiger partial charge is 0.142 e. The van der Waals surface area contributed by atoms with Crippen molar-refractivity contribution >= 4 is 12.1 Å². The van der Waals surface area contributed by atoms with E-state index in [0.29, 0.717) is 0 Å². The summed E-state index contributed by atoms with van der Waals surface area (Å²) < 4.78 is 0. The molecule has 0 spiro atoms. The van der Waals surface area contributed by atoms with Crippen LogP contribution in [0.1, 0.15) is 6.92 Å². The largest absolute Gasteiger partial charge is 0.394 e. The number of hydrogen-bond donors (Lipinski definition) is 4. The molecule has 0 saturated heterocycles. The maximum Gasteiger partial charge on any atom is 0.142 e. The van der Waals surface area contributed by atoms with Crippen molar-refractivity contribution < 1.29 is 30.0 Å². The first-order chi connectivity index (χ1) is 6.45. The summed E-state index contributed by atoms with van der Waals surface area (Å²) in [6.45, 7) is 0.321. The van der Waals surface area contributed by atoms with E-state index in [9.17, 15) is 14.7 Å². The van der Waals surface area contributed by atoms with Gasteiger partial charge in [0, 0.05) is 0 Å². The van der Waals surface area contributed by atoms with Crippen molar-refractivity contribution in [1.82, 2.24) is 0 Å². The molecule has 4 N–H and O–H groups in total. The van der Waals surface area contributed by atoms with E-state index >= 15 is 0 Å². The minimum Gasteiger partial charge on any atom is -0.394 e. The van der Waals surface area contributed by atoms with Crippen LogP contribution in [0.25, 0.3) is 0 Å². The van der Waals surface area contributed by atoms with Gasteiger partial charge in [0.15, 0.2) is 0 Å². The Labute approximate surface area is 80.8 Å². The van der Waals surface area contributed by atoms with E-state index in [4.69, 9.17) is 15.3 Å². The minimum absolute atomic E-state index is 0.195. The highest BCUT2D eigenvalue weighted by molar-refractivity contribution is 5.92. The third-order valence-electron chi connectivity index (χ3n) is 1.92. The summed E-state index contributed by atoms with van der Waals surface area (Å²) in [6.07, 6.45) is -4.81. The quantitative estimate of drug-likeness (QED) is 0.281. The van der Waals surface area contributed by atoms with Crippen LogP contribution in [-0.4, -0.2) is 57.4 Å². The second kappa shape index (κ2) is 5.82. The van der Waals surface area contributed by atoms with Crippen molar-refractivity contribution in [1.29, 1.82) is 0 Å². The lowest BCUT2D eigenvalue weighted by Crippen LogP contribution is -2.45. The zero-order valence-corrected chi connectivity index (χ0v) is 7.70. The fourth-order valence-corrected chi connectivity index (χ4v) is 0.965. The van der Waals surface area contributed by atoms with Crippen molar-refractivity contribution in [2.24, 2.45) is 5.92 Å². The number of ketones is 1. The number of Topliss-reactive ketones (excluding diaryl/α,β-unsaturated/α-hetero) is 1. The van der Waals surface area contributed by atoms with E-state index in [-0.39, 0.29) is 6.29 Å². The third-order valence-corrected chi connectivity index (χ3v) is 1.92. The molecule has 0 heterocycles. The number of rotatable bonds is 6. The predicted octanol–water partition coefficient (Wildman–Crippen LogP) is -2.53. The van der Waals surface area contributed by atoms with Crippen LogP contribution in [0.3, 0.4) is 0 Å². The molecule has 0 aliphatic carbocycles. The van der Waals surface area contributed by atoms with E-state index in [1.54, 1.807) is 0 Å². The molecule has 0 aromatic carbocycles. The van der Waals surface area contributed by atoms with Gasteiger partial charge in [-0.1, -0.05) is 0 Å². The Kier molecular flexibility index (Phi) is 5.47. The molecule has 0 amide bonds. The van der Waals surface area contributed by atoms with Gasteiger partial charge in [-0.2, -0.15) is 0 Å². The summed E-state index contributed by atoms with van der Waals surface area (Å²) in [5.41, 5.74) is 0. The van der Waals surface area contributed by atoms with Gasteiger partial charge in [-0.15, -0.1) is 0 Å². The average molecular weight is 206 g/mol. The lowest BCUT2D eigenvalue weighted by atomic mass is 9.93. The Morgan fingerprint density at radius 3 is 2.07 bits per heavy atom. The molecule has 0 saturated carbocycles. The molecule has 6 nitrogen and oxygen atoms in total. The second-order valence-corrected chi connectivity index (χ2v) is 3.00. The van der Waals surface area contributed by atoms with Crippen LogP contribution in [0.5, 0.6) is 0 Å². The van der Waals surface area contributed by atoms with Crippen molar-refractivity contribution in [3.05, 3.63) is 0 Å². The Bertz CT molecular complexity index is 204. The zero-order chi connectivity index (χ0) is 11.3. The molecule has 0 unspecified atom stereocenters. The number of aliphatic hydroxyl groups is 4. The molecule has 0 aliphatic rings. The van der Waals surface area contributed by atoms with Crippen LogP contribution in [0.2, 0.25) is 0 Å². The molecule has 0 radical (unpaired) electrons. The van der Waals surface area contributed by atoms with Gasteiger partial charge in [-0.25, -0.2) is 0 Å². The molecule has 0 aromatic heterocycles. The van der Waals surface area contributed by atoms with Crippen LogP contribution in [-0.2, 0) is 9.59 Å². The molecule has 0 bridgehead atoms. The molecule has 6 heteroatoms. The van der Waals surface area contributed by atoms with E-state index in [1.807, 2.05) is 0 Å². The molecular formula is C8H14O6. The molecule has 82 valence electrons. The van der Waals surface area contributed by atoms with E-state index in [0.717, 1.165) is 6.92 Å². The molecule has 0 aromatic rings. The lowest BCUT2D eigenvalue weighted by molar-refractivity contribution is -0.139. The first-order valence-electron chi connectivity index (χ1n) is 4.06. The number of carbonyl (C=O) groups is 2. The Balaban J connectivity index is 4.48. The SMILES string of the molecule is CC(=O)[C@H](C=O)[C@@H](O)[C@H](O)[C@H](O)CO. The highest BCUT2D eigenvalue weighted by Gasteiger charge is 2.33. The van der Waals surface area contributed by atoms with E-state index in [1.165, 1.54) is 0 Å². The molecule has 4 atom stereocenters. The molecule has 14 heavy (non-hydrogen) atoms. The molecule has 0 aliphatic heterocycles. The summed E-state index contributed by atoms with van der Waals surface area (Å²) in [5.74, 6) is -2.00. The van der Waals surface area contributed by atoms with Crippen LogP contribution < -0.4 is 0 Å². The summed E-state index contributed by atoms with van der Waals surface area (Å²) in [4.78, 5) is 21.2. The maximum atomic E-state index is 10.8. The van der Waals surface area contributed by atoms with E-state index < -0.39 is 36.6 Å². The standard InChI is InChI=1S/C8H14O6/c1-4(11)5(2-9)7(13)8(14)6(12)3-10/h2,5-8,10,12-14H,3H2,1H3/t5-,6+,7+,8+/m0/s1. The third kappa shape index (κ3) is 3.15. The highest BCUT2D eigenvalue weighted by atomic mass is 16.4. The normalized spacial score (nSPS) is 19.5. The van der Waals surface area contributed by atoms with Gasteiger partial charge < -0.3 is 25.2 Å². The van der Waals surface area contributed by atoms with Crippen molar-refractivity contribution in [3.63, 3.8) is 0 Å². The van der Waals surface area contributed by atoms with Crippen molar-refractivity contribution in [2.75, 3.05) is 6.61 Å². The maximum absolute atomic E-state index is 10.8. The van der Waals surface area contributed by atoms with Gasteiger partial charge in [0.2, 0.25) is 0 Å². The average Bonchev–Trinajstić information content (AvgIpc) is 2.15. The number of hydrogen-bond acceptors (Lipinski definition) is 6. The molecule has 0 rings (SSSR count). The van der Waals surface area contributed by atoms with Crippen LogP contribution >= 0.6 is 0 Å². The first-order valence-corrected chi connectivity index (χ1v) is 4.06. The second-order valence-electron chi connectivity index (χ2n) is 3.00. The van der Waals surface area contributed by atoms with Crippen molar-refractivity contribution in [2.45, 2.75) is 25.2 Å². The molecule has 0 fully saturated rings. The predicted molar refractivity (Wildman–Crippen MR) is 45.3 cm³/mol. The number of carbonyl (C=O) groups excluding carboxylic acids is 2. The fraction of sp³-hybridized carbons (Fsp3) is 0.750. The summed E-state index contributed by atoms with van der Waals surface area (Å²) >= 11 is 0. The van der Waals surface area contributed by atoms with Gasteiger partial charge in [0.25, 0.3) is 0 Å². The summed E-state index contributed by atoms with van der Waals surface area (Å²) in [5, 5.41) is 35.8. The van der Waals surface area contributed by atoms with Gasteiger partial charge >= 0.3 is 0 Å². The van der Waals surface area contributed by atoms with Gasteiger partial charge in [0.1, 0.15) is 30.2 Å². The number of aldehydes is 1. The fourth-order valence-electron chi connectivity index (χ4n) is 0.965. The number of aliphatic hydroxyl groups excluding tert-OH is 4. The Morgan fingerprint density at radius 1 is 1.29 bits per heavy atom. The minimum atomic E-state index is -1.72.